The van der Waals surface area contributed by atoms with Crippen LogP contribution in [-0.2, 0) is 0 Å². The van der Waals surface area contributed by atoms with Crippen molar-refractivity contribution in [2.75, 3.05) is 0 Å². The SMILES string of the molecule is Cc1ccc(-c2nc3ccc(-c4ccccc4F)cc3o2)s1. The van der Waals surface area contributed by atoms with Crippen molar-refractivity contribution in [3.05, 3.63) is 65.3 Å². The first-order chi connectivity index (χ1) is 10.7. The number of nitrogens with zero attached hydrogens (tertiary/aromatic N) is 1. The highest BCUT2D eigenvalue weighted by Crippen LogP contribution is 2.32. The molecule has 4 rings (SSSR count). The fourth-order valence-corrected chi connectivity index (χ4v) is 3.24. The fraction of sp³-hybridized carbons (Fsp3) is 0.0556. The average Bonchev–Trinajstić information content (AvgIpc) is 3.12. The third-order valence-electron chi connectivity index (χ3n) is 3.52. The van der Waals surface area contributed by atoms with E-state index in [1.165, 1.54) is 10.9 Å². The maximum absolute atomic E-state index is 13.9. The van der Waals surface area contributed by atoms with E-state index in [1.54, 1.807) is 23.5 Å². The van der Waals surface area contributed by atoms with Gasteiger partial charge in [0.25, 0.3) is 0 Å². The van der Waals surface area contributed by atoms with Crippen LogP contribution in [0.1, 0.15) is 4.88 Å². The predicted octanol–water partition coefficient (Wildman–Crippen LogP) is 5.67. The minimum atomic E-state index is -0.240. The zero-order chi connectivity index (χ0) is 15.1. The molecule has 0 fully saturated rings. The van der Waals surface area contributed by atoms with Crippen molar-refractivity contribution in [1.29, 1.82) is 0 Å². The minimum absolute atomic E-state index is 0.240. The summed E-state index contributed by atoms with van der Waals surface area (Å²) in [4.78, 5) is 6.72. The second-order valence-electron chi connectivity index (χ2n) is 5.09. The Bertz CT molecular complexity index is 970. The lowest BCUT2D eigenvalue weighted by molar-refractivity contribution is 0.621. The lowest BCUT2D eigenvalue weighted by Crippen LogP contribution is -1.82. The van der Waals surface area contributed by atoms with Gasteiger partial charge in [0.15, 0.2) is 5.58 Å². The molecule has 0 N–H and O–H groups in total. The van der Waals surface area contributed by atoms with Gasteiger partial charge in [0.05, 0.1) is 4.88 Å². The lowest BCUT2D eigenvalue weighted by Gasteiger charge is -2.02. The summed E-state index contributed by atoms with van der Waals surface area (Å²) < 4.78 is 19.8. The highest BCUT2D eigenvalue weighted by Gasteiger charge is 2.12. The lowest BCUT2D eigenvalue weighted by atomic mass is 10.1. The number of rotatable bonds is 2. The van der Waals surface area contributed by atoms with Crippen LogP contribution in [-0.4, -0.2) is 4.98 Å². The molecule has 0 aliphatic rings. The highest BCUT2D eigenvalue weighted by molar-refractivity contribution is 7.15. The number of hydrogen-bond donors (Lipinski definition) is 0. The number of thiophene rings is 1. The summed E-state index contributed by atoms with van der Waals surface area (Å²) in [6, 6.07) is 16.3. The number of aromatic nitrogens is 1. The monoisotopic (exact) mass is 309 g/mol. The van der Waals surface area contributed by atoms with E-state index in [2.05, 4.69) is 4.98 Å². The molecule has 2 heterocycles. The van der Waals surface area contributed by atoms with Gasteiger partial charge in [0, 0.05) is 10.4 Å². The van der Waals surface area contributed by atoms with E-state index in [4.69, 9.17) is 4.42 Å². The van der Waals surface area contributed by atoms with Crippen molar-refractivity contribution in [1.82, 2.24) is 4.98 Å². The molecule has 0 unspecified atom stereocenters. The number of halogens is 1. The highest BCUT2D eigenvalue weighted by atomic mass is 32.1. The summed E-state index contributed by atoms with van der Waals surface area (Å²) in [6.07, 6.45) is 0. The van der Waals surface area contributed by atoms with Gasteiger partial charge in [-0.15, -0.1) is 11.3 Å². The van der Waals surface area contributed by atoms with Crippen LogP contribution in [0.5, 0.6) is 0 Å². The number of benzene rings is 2. The molecule has 22 heavy (non-hydrogen) atoms. The van der Waals surface area contributed by atoms with E-state index >= 15 is 0 Å². The molecule has 0 spiro atoms. The Morgan fingerprint density at radius 3 is 2.68 bits per heavy atom. The number of oxazole rings is 1. The molecule has 0 aliphatic heterocycles. The summed E-state index contributed by atoms with van der Waals surface area (Å²) in [7, 11) is 0. The molecule has 0 saturated carbocycles. The Labute approximate surface area is 130 Å². The normalized spacial score (nSPS) is 11.2. The minimum Gasteiger partial charge on any atom is -0.435 e. The van der Waals surface area contributed by atoms with Gasteiger partial charge in [-0.1, -0.05) is 24.3 Å². The van der Waals surface area contributed by atoms with Crippen LogP contribution in [0.25, 0.3) is 33.0 Å². The van der Waals surface area contributed by atoms with Crippen LogP contribution in [0.15, 0.2) is 59.0 Å². The second-order valence-corrected chi connectivity index (χ2v) is 6.38. The molecule has 2 nitrogen and oxygen atoms in total. The molecular weight excluding hydrogens is 297 g/mol. The van der Waals surface area contributed by atoms with Crippen LogP contribution in [0.4, 0.5) is 4.39 Å². The third-order valence-corrected chi connectivity index (χ3v) is 4.51. The maximum Gasteiger partial charge on any atom is 0.237 e. The molecule has 2 aromatic heterocycles. The van der Waals surface area contributed by atoms with Gasteiger partial charge in [-0.3, -0.25) is 0 Å². The predicted molar refractivity (Wildman–Crippen MR) is 87.5 cm³/mol. The zero-order valence-corrected chi connectivity index (χ0v) is 12.7. The van der Waals surface area contributed by atoms with Crippen molar-refractivity contribution in [3.8, 4) is 21.9 Å². The van der Waals surface area contributed by atoms with Gasteiger partial charge in [-0.2, -0.15) is 0 Å². The molecule has 0 bridgehead atoms. The smallest absolute Gasteiger partial charge is 0.237 e. The van der Waals surface area contributed by atoms with Gasteiger partial charge in [-0.05, 0) is 42.8 Å². The molecule has 4 heteroatoms. The van der Waals surface area contributed by atoms with E-state index in [0.29, 0.717) is 17.0 Å². The van der Waals surface area contributed by atoms with Crippen molar-refractivity contribution < 1.29 is 8.81 Å². The third kappa shape index (κ3) is 2.22. The Kier molecular flexibility index (Phi) is 3.05. The van der Waals surface area contributed by atoms with E-state index < -0.39 is 0 Å². The summed E-state index contributed by atoms with van der Waals surface area (Å²) in [5.41, 5.74) is 2.80. The van der Waals surface area contributed by atoms with E-state index in [-0.39, 0.29) is 5.82 Å². The Hall–Kier alpha value is -2.46. The van der Waals surface area contributed by atoms with Crippen LogP contribution in [0, 0.1) is 12.7 Å². The van der Waals surface area contributed by atoms with Gasteiger partial charge in [0.2, 0.25) is 5.89 Å². The number of hydrogen-bond acceptors (Lipinski definition) is 3. The molecule has 2 aromatic carbocycles. The molecule has 0 aliphatic carbocycles. The summed E-state index contributed by atoms with van der Waals surface area (Å²) in [6.45, 7) is 2.05. The summed E-state index contributed by atoms with van der Waals surface area (Å²) >= 11 is 1.64. The zero-order valence-electron chi connectivity index (χ0n) is 11.8. The van der Waals surface area contributed by atoms with Crippen LogP contribution < -0.4 is 0 Å². The standard InChI is InChI=1S/C18H12FNOS/c1-11-6-9-17(22-11)18-20-15-8-7-12(10-16(15)21-18)13-4-2-3-5-14(13)19/h2-10H,1H3. The molecule has 108 valence electrons. The molecule has 4 aromatic rings. The average molecular weight is 309 g/mol. The van der Waals surface area contributed by atoms with E-state index in [9.17, 15) is 4.39 Å². The quantitative estimate of drug-likeness (QED) is 0.477. The number of aryl methyl sites for hydroxylation is 1. The molecule has 0 atom stereocenters. The topological polar surface area (TPSA) is 26.0 Å². The first-order valence-corrected chi connectivity index (χ1v) is 7.75. The Balaban J connectivity index is 1.83. The van der Waals surface area contributed by atoms with Crippen LogP contribution in [0.2, 0.25) is 0 Å². The van der Waals surface area contributed by atoms with Gasteiger partial charge in [0.1, 0.15) is 11.3 Å². The van der Waals surface area contributed by atoms with Crippen molar-refractivity contribution >= 4 is 22.4 Å². The molecule has 0 saturated heterocycles. The first-order valence-electron chi connectivity index (χ1n) is 6.93. The Morgan fingerprint density at radius 1 is 1.05 bits per heavy atom. The fourth-order valence-electron chi connectivity index (χ4n) is 2.44. The molecule has 0 amide bonds. The maximum atomic E-state index is 13.9. The van der Waals surface area contributed by atoms with E-state index in [1.807, 2.05) is 43.3 Å². The number of fused-ring (bicyclic) bond motifs is 1. The van der Waals surface area contributed by atoms with Crippen LogP contribution in [0.3, 0.4) is 0 Å². The summed E-state index contributed by atoms with van der Waals surface area (Å²) in [5.74, 6) is 0.370. The van der Waals surface area contributed by atoms with Crippen molar-refractivity contribution in [2.24, 2.45) is 0 Å². The van der Waals surface area contributed by atoms with Crippen molar-refractivity contribution in [3.63, 3.8) is 0 Å². The molecule has 0 radical (unpaired) electrons. The van der Waals surface area contributed by atoms with Crippen LogP contribution >= 0.6 is 11.3 Å². The van der Waals surface area contributed by atoms with E-state index in [0.717, 1.165) is 16.0 Å². The van der Waals surface area contributed by atoms with Gasteiger partial charge < -0.3 is 4.42 Å². The second kappa shape index (κ2) is 5.07. The van der Waals surface area contributed by atoms with Gasteiger partial charge >= 0.3 is 0 Å². The first kappa shape index (κ1) is 13.2. The Morgan fingerprint density at radius 2 is 1.91 bits per heavy atom. The van der Waals surface area contributed by atoms with Gasteiger partial charge in [-0.25, -0.2) is 9.37 Å². The largest absolute Gasteiger partial charge is 0.435 e. The van der Waals surface area contributed by atoms with Crippen molar-refractivity contribution in [2.45, 2.75) is 6.92 Å². The summed E-state index contributed by atoms with van der Waals surface area (Å²) in [5, 5.41) is 0. The molecular formula is C18H12FNOS.